The molecule has 0 N–H and O–H groups in total. The molecule has 0 atom stereocenters. The number of allylic oxidation sites excluding steroid dienone is 2. The van der Waals surface area contributed by atoms with Crippen molar-refractivity contribution in [2.24, 2.45) is 0 Å². The predicted molar refractivity (Wildman–Crippen MR) is 66.8 cm³/mol. The van der Waals surface area contributed by atoms with Gasteiger partial charge in [-0.15, -0.1) is 12.8 Å². The first kappa shape index (κ1) is 14.5. The molecule has 0 fully saturated rings. The van der Waals surface area contributed by atoms with Crippen LogP contribution in [0.15, 0.2) is 62.2 Å². The Balaban J connectivity index is 0. The van der Waals surface area contributed by atoms with Gasteiger partial charge in [-0.1, -0.05) is 68.3 Å². The first-order valence-electron chi connectivity index (χ1n) is 4.09. The normalized spacial score (nSPS) is 6.43. The number of hydrogen-bond donors (Lipinski definition) is 0. The van der Waals surface area contributed by atoms with Gasteiger partial charge in [-0.3, -0.25) is 0 Å². The van der Waals surface area contributed by atoms with Gasteiger partial charge in [0.1, 0.15) is 0 Å². The van der Waals surface area contributed by atoms with Crippen molar-refractivity contribution in [3.05, 3.63) is 67.8 Å². The Morgan fingerprint density at radius 3 is 1.50 bits per heavy atom. The van der Waals surface area contributed by atoms with Crippen LogP contribution in [0.3, 0.4) is 0 Å². The van der Waals surface area contributed by atoms with E-state index in [1.54, 1.807) is 12.2 Å². The van der Waals surface area contributed by atoms with E-state index >= 15 is 0 Å². The van der Waals surface area contributed by atoms with Gasteiger partial charge < -0.3 is 0 Å². The SMILES string of the molecule is C#C.C=CC=C.C=Cc1ccccc1. The van der Waals surface area contributed by atoms with E-state index in [2.05, 4.69) is 32.6 Å². The second-order valence-corrected chi connectivity index (χ2v) is 2.09. The average molecular weight is 184 g/mol. The molecular weight excluding hydrogens is 168 g/mol. The van der Waals surface area contributed by atoms with Gasteiger partial charge in [0, 0.05) is 0 Å². The molecule has 72 valence electrons. The van der Waals surface area contributed by atoms with Gasteiger partial charge in [-0.25, -0.2) is 0 Å². The Morgan fingerprint density at radius 2 is 1.29 bits per heavy atom. The summed E-state index contributed by atoms with van der Waals surface area (Å²) in [5, 5.41) is 0. The molecule has 0 aromatic heterocycles. The van der Waals surface area contributed by atoms with Gasteiger partial charge in [0.2, 0.25) is 0 Å². The summed E-state index contributed by atoms with van der Waals surface area (Å²) >= 11 is 0. The monoisotopic (exact) mass is 184 g/mol. The van der Waals surface area contributed by atoms with Crippen LogP contribution in [-0.2, 0) is 0 Å². The Hall–Kier alpha value is -2.00. The second-order valence-electron chi connectivity index (χ2n) is 2.09. The third-order valence-electron chi connectivity index (χ3n) is 1.20. The second kappa shape index (κ2) is 13.6. The quantitative estimate of drug-likeness (QED) is 0.482. The van der Waals surface area contributed by atoms with Gasteiger partial charge in [-0.05, 0) is 5.56 Å². The molecule has 0 aliphatic carbocycles. The molecule has 14 heavy (non-hydrogen) atoms. The molecule has 1 aromatic rings. The zero-order valence-corrected chi connectivity index (χ0v) is 8.39. The van der Waals surface area contributed by atoms with Crippen LogP contribution in [0, 0.1) is 12.8 Å². The lowest BCUT2D eigenvalue weighted by atomic mass is 10.2. The highest BCUT2D eigenvalue weighted by atomic mass is 13.8. The smallest absolute Gasteiger partial charge is 0.0263 e. The van der Waals surface area contributed by atoms with E-state index in [1.807, 2.05) is 36.4 Å². The lowest BCUT2D eigenvalue weighted by Crippen LogP contribution is -1.63. The minimum Gasteiger partial charge on any atom is -0.124 e. The molecular formula is C14H16. The molecule has 0 amide bonds. The predicted octanol–water partition coefficient (Wildman–Crippen LogP) is 3.94. The van der Waals surface area contributed by atoms with E-state index < -0.39 is 0 Å². The van der Waals surface area contributed by atoms with Crippen LogP contribution in [0.1, 0.15) is 5.56 Å². The molecule has 0 saturated carbocycles. The summed E-state index contributed by atoms with van der Waals surface area (Å²) in [4.78, 5) is 0. The standard InChI is InChI=1S/C8H8.C4H6.C2H2/c1-2-8-6-4-3-5-7-8;1-3-4-2;1-2/h2-7H,1H2;3-4H,1-2H2;1-2H. The van der Waals surface area contributed by atoms with Crippen molar-refractivity contribution < 1.29 is 0 Å². The van der Waals surface area contributed by atoms with Crippen molar-refractivity contribution in [2.75, 3.05) is 0 Å². The van der Waals surface area contributed by atoms with Gasteiger partial charge in [0.25, 0.3) is 0 Å². The van der Waals surface area contributed by atoms with Crippen molar-refractivity contribution >= 4 is 6.08 Å². The number of terminal acetylenes is 1. The molecule has 0 heterocycles. The first-order valence-corrected chi connectivity index (χ1v) is 4.09. The van der Waals surface area contributed by atoms with Gasteiger partial charge >= 0.3 is 0 Å². The zero-order chi connectivity index (χ0) is 11.2. The molecule has 0 aliphatic rings. The third kappa shape index (κ3) is 10.0. The van der Waals surface area contributed by atoms with Crippen LogP contribution in [0.5, 0.6) is 0 Å². The van der Waals surface area contributed by atoms with Crippen molar-refractivity contribution in [3.63, 3.8) is 0 Å². The maximum Gasteiger partial charge on any atom is -0.0263 e. The topological polar surface area (TPSA) is 0 Å². The summed E-state index contributed by atoms with van der Waals surface area (Å²) in [6.07, 6.45) is 13.1. The Morgan fingerprint density at radius 1 is 0.857 bits per heavy atom. The summed E-state index contributed by atoms with van der Waals surface area (Å²) in [7, 11) is 0. The molecule has 1 rings (SSSR count). The average Bonchev–Trinajstić information content (AvgIpc) is 2.33. The summed E-state index contributed by atoms with van der Waals surface area (Å²) in [5.41, 5.74) is 1.17. The minimum absolute atomic E-state index is 1.17. The molecule has 0 aliphatic heterocycles. The van der Waals surface area contributed by atoms with Gasteiger partial charge in [0.05, 0.1) is 0 Å². The van der Waals surface area contributed by atoms with Crippen molar-refractivity contribution in [3.8, 4) is 12.8 Å². The highest BCUT2D eigenvalue weighted by Gasteiger charge is 1.75. The molecule has 0 spiro atoms. The molecule has 0 radical (unpaired) electrons. The number of benzene rings is 1. The van der Waals surface area contributed by atoms with Gasteiger partial charge in [0.15, 0.2) is 0 Å². The van der Waals surface area contributed by atoms with E-state index in [0.29, 0.717) is 0 Å². The third-order valence-corrected chi connectivity index (χ3v) is 1.20. The zero-order valence-electron chi connectivity index (χ0n) is 8.39. The summed E-state index contributed by atoms with van der Waals surface area (Å²) in [6, 6.07) is 10.0. The molecule has 1 aromatic carbocycles. The lowest BCUT2D eigenvalue weighted by Gasteiger charge is -1.85. The molecule has 0 unspecified atom stereocenters. The van der Waals surface area contributed by atoms with Gasteiger partial charge in [-0.2, -0.15) is 0 Å². The van der Waals surface area contributed by atoms with Crippen molar-refractivity contribution in [1.82, 2.24) is 0 Å². The maximum absolute atomic E-state index is 4.00. The number of hydrogen-bond acceptors (Lipinski definition) is 0. The fraction of sp³-hybridized carbons (Fsp3) is 0. The van der Waals surface area contributed by atoms with E-state index in [1.165, 1.54) is 5.56 Å². The van der Waals surface area contributed by atoms with Crippen LogP contribution in [-0.4, -0.2) is 0 Å². The highest BCUT2D eigenvalue weighted by molar-refractivity contribution is 5.45. The van der Waals surface area contributed by atoms with Crippen LogP contribution >= 0.6 is 0 Å². The molecule has 0 nitrogen and oxygen atoms in total. The van der Waals surface area contributed by atoms with Crippen LogP contribution in [0.2, 0.25) is 0 Å². The largest absolute Gasteiger partial charge is 0.124 e. The molecule has 0 bridgehead atoms. The van der Waals surface area contributed by atoms with Crippen molar-refractivity contribution in [1.29, 1.82) is 0 Å². The van der Waals surface area contributed by atoms with E-state index in [0.717, 1.165) is 0 Å². The van der Waals surface area contributed by atoms with E-state index in [4.69, 9.17) is 0 Å². The molecule has 0 heteroatoms. The van der Waals surface area contributed by atoms with Crippen LogP contribution < -0.4 is 0 Å². The van der Waals surface area contributed by atoms with E-state index in [-0.39, 0.29) is 0 Å². The summed E-state index contributed by atoms with van der Waals surface area (Å²) < 4.78 is 0. The molecule has 0 saturated heterocycles. The minimum atomic E-state index is 1.17. The van der Waals surface area contributed by atoms with Crippen LogP contribution in [0.25, 0.3) is 6.08 Å². The summed E-state index contributed by atoms with van der Waals surface area (Å²) in [5.74, 6) is 0. The number of rotatable bonds is 2. The van der Waals surface area contributed by atoms with E-state index in [9.17, 15) is 0 Å². The lowest BCUT2D eigenvalue weighted by molar-refractivity contribution is 1.67. The maximum atomic E-state index is 4.00. The summed E-state index contributed by atoms with van der Waals surface area (Å²) in [6.45, 7) is 10.4. The Kier molecular flexibility index (Phi) is 14.1. The highest BCUT2D eigenvalue weighted by Crippen LogP contribution is 1.97. The van der Waals surface area contributed by atoms with Crippen molar-refractivity contribution in [2.45, 2.75) is 0 Å². The first-order chi connectivity index (χ1) is 6.85. The fourth-order valence-corrected chi connectivity index (χ4v) is 0.589. The Bertz CT molecular complexity index is 259. The van der Waals surface area contributed by atoms with Crippen LogP contribution in [0.4, 0.5) is 0 Å². The fourth-order valence-electron chi connectivity index (χ4n) is 0.589. The Labute approximate surface area is 87.3 Å².